The molecule has 4 rings (SSSR count). The smallest absolute Gasteiger partial charge is 0.222 e. The highest BCUT2D eigenvalue weighted by Crippen LogP contribution is 2.33. The number of aromatic amines is 1. The molecule has 0 saturated carbocycles. The minimum absolute atomic E-state index is 0.173. The van der Waals surface area contributed by atoms with Crippen molar-refractivity contribution < 1.29 is 9.18 Å². The van der Waals surface area contributed by atoms with Gasteiger partial charge in [-0.15, -0.1) is 0 Å². The first-order valence-corrected chi connectivity index (χ1v) is 9.29. The highest BCUT2D eigenvalue weighted by Gasteiger charge is 2.25. The summed E-state index contributed by atoms with van der Waals surface area (Å²) in [6.45, 7) is 1.60. The molecule has 0 radical (unpaired) electrons. The molecule has 26 heavy (non-hydrogen) atoms. The Morgan fingerprint density at radius 2 is 1.92 bits per heavy atom. The van der Waals surface area contributed by atoms with Crippen molar-refractivity contribution in [3.8, 4) is 0 Å². The number of rotatable bonds is 4. The first-order valence-electron chi connectivity index (χ1n) is 9.29. The molecule has 1 saturated heterocycles. The number of nitrogens with one attached hydrogen (secondary N) is 1. The molecule has 0 aliphatic carbocycles. The first-order chi connectivity index (χ1) is 12.7. The lowest BCUT2D eigenvalue weighted by Gasteiger charge is -2.32. The minimum Gasteiger partial charge on any atom is -0.361 e. The van der Waals surface area contributed by atoms with E-state index >= 15 is 0 Å². The zero-order valence-corrected chi connectivity index (χ0v) is 14.7. The molecule has 2 aromatic carbocycles. The molecular weight excluding hydrogens is 327 g/mol. The van der Waals surface area contributed by atoms with Gasteiger partial charge in [0.1, 0.15) is 5.82 Å². The quantitative estimate of drug-likeness (QED) is 0.731. The lowest BCUT2D eigenvalue weighted by atomic mass is 9.89. The number of carbonyl (C=O) groups excluding carboxylic acids is 1. The van der Waals surface area contributed by atoms with E-state index in [2.05, 4.69) is 29.4 Å². The highest BCUT2D eigenvalue weighted by molar-refractivity contribution is 5.83. The number of piperidine rings is 1. The summed E-state index contributed by atoms with van der Waals surface area (Å²) in [5, 5.41) is 1.29. The second-order valence-corrected chi connectivity index (χ2v) is 7.07. The van der Waals surface area contributed by atoms with Crippen LogP contribution in [-0.4, -0.2) is 28.9 Å². The second-order valence-electron chi connectivity index (χ2n) is 7.07. The number of nitrogens with zero attached hydrogens (tertiary/aromatic N) is 1. The van der Waals surface area contributed by atoms with Crippen molar-refractivity contribution >= 4 is 16.8 Å². The van der Waals surface area contributed by atoms with E-state index in [-0.39, 0.29) is 11.7 Å². The molecule has 0 unspecified atom stereocenters. The molecule has 0 spiro atoms. The fourth-order valence-electron chi connectivity index (χ4n) is 3.97. The fraction of sp³-hybridized carbons (Fsp3) is 0.318. The van der Waals surface area contributed by atoms with Crippen molar-refractivity contribution in [1.29, 1.82) is 0 Å². The Balaban J connectivity index is 1.33. The van der Waals surface area contributed by atoms with Gasteiger partial charge in [0, 0.05) is 36.6 Å². The third-order valence-electron chi connectivity index (χ3n) is 5.43. The predicted molar refractivity (Wildman–Crippen MR) is 102 cm³/mol. The van der Waals surface area contributed by atoms with Crippen molar-refractivity contribution in [2.24, 2.45) is 0 Å². The highest BCUT2D eigenvalue weighted by atomic mass is 19.1. The number of para-hydroxylation sites is 1. The van der Waals surface area contributed by atoms with Crippen LogP contribution >= 0.6 is 0 Å². The Labute approximate surface area is 152 Å². The summed E-state index contributed by atoms with van der Waals surface area (Å²) < 4.78 is 13.2. The largest absolute Gasteiger partial charge is 0.361 e. The summed E-state index contributed by atoms with van der Waals surface area (Å²) in [6.07, 6.45) is 5.15. The number of benzene rings is 2. The van der Waals surface area contributed by atoms with Crippen molar-refractivity contribution in [2.75, 3.05) is 13.1 Å². The maximum atomic E-state index is 13.2. The van der Waals surface area contributed by atoms with Gasteiger partial charge in [-0.2, -0.15) is 0 Å². The Morgan fingerprint density at radius 3 is 2.73 bits per heavy atom. The normalized spacial score (nSPS) is 15.5. The Morgan fingerprint density at radius 1 is 1.12 bits per heavy atom. The number of hydrogen-bond donors (Lipinski definition) is 1. The van der Waals surface area contributed by atoms with E-state index in [1.54, 1.807) is 6.07 Å². The van der Waals surface area contributed by atoms with E-state index in [1.165, 1.54) is 28.6 Å². The van der Waals surface area contributed by atoms with Crippen molar-refractivity contribution in [1.82, 2.24) is 9.88 Å². The van der Waals surface area contributed by atoms with Crippen LogP contribution in [0.4, 0.5) is 4.39 Å². The zero-order chi connectivity index (χ0) is 17.9. The topological polar surface area (TPSA) is 36.1 Å². The molecule has 0 bridgehead atoms. The van der Waals surface area contributed by atoms with Crippen molar-refractivity contribution in [2.45, 2.75) is 31.6 Å². The number of likely N-dealkylation sites (tertiary alicyclic amines) is 1. The predicted octanol–water partition coefficient (Wildman–Crippen LogP) is 4.65. The van der Waals surface area contributed by atoms with Crippen LogP contribution < -0.4 is 0 Å². The fourth-order valence-corrected chi connectivity index (χ4v) is 3.97. The van der Waals surface area contributed by atoms with Crippen LogP contribution in [-0.2, 0) is 11.2 Å². The van der Waals surface area contributed by atoms with Gasteiger partial charge in [-0.3, -0.25) is 4.79 Å². The van der Waals surface area contributed by atoms with E-state index in [9.17, 15) is 9.18 Å². The lowest BCUT2D eigenvalue weighted by molar-refractivity contribution is -0.132. The first kappa shape index (κ1) is 16.8. The molecule has 1 fully saturated rings. The van der Waals surface area contributed by atoms with Crippen LogP contribution in [0, 0.1) is 5.82 Å². The Kier molecular flexibility index (Phi) is 4.74. The number of amides is 1. The van der Waals surface area contributed by atoms with Gasteiger partial charge >= 0.3 is 0 Å². The summed E-state index contributed by atoms with van der Waals surface area (Å²) >= 11 is 0. The van der Waals surface area contributed by atoms with Crippen LogP contribution in [0.3, 0.4) is 0 Å². The van der Waals surface area contributed by atoms with Gasteiger partial charge < -0.3 is 9.88 Å². The SMILES string of the molecule is O=C(CCc1cccc(F)c1)N1CCC(c2c[nH]c3ccccc23)CC1. The van der Waals surface area contributed by atoms with E-state index in [1.807, 2.05) is 17.0 Å². The van der Waals surface area contributed by atoms with E-state index in [0.717, 1.165) is 31.5 Å². The number of aromatic nitrogens is 1. The third kappa shape index (κ3) is 3.50. The van der Waals surface area contributed by atoms with Gasteiger partial charge in [-0.05, 0) is 54.5 Å². The summed E-state index contributed by atoms with van der Waals surface area (Å²) in [5.41, 5.74) is 3.43. The standard InChI is InChI=1S/C22H23FN2O/c23-18-5-3-4-16(14-18)8-9-22(26)25-12-10-17(11-13-25)20-15-24-21-7-2-1-6-19(20)21/h1-7,14-15,17,24H,8-13H2. The van der Waals surface area contributed by atoms with Gasteiger partial charge in [-0.25, -0.2) is 4.39 Å². The van der Waals surface area contributed by atoms with E-state index < -0.39 is 0 Å². The van der Waals surface area contributed by atoms with Gasteiger partial charge in [-0.1, -0.05) is 30.3 Å². The van der Waals surface area contributed by atoms with Gasteiger partial charge in [0.2, 0.25) is 5.91 Å². The number of aryl methyl sites for hydroxylation is 1. The minimum atomic E-state index is -0.241. The molecule has 2 heterocycles. The molecule has 1 aliphatic rings. The zero-order valence-electron chi connectivity index (χ0n) is 14.7. The van der Waals surface area contributed by atoms with Crippen LogP contribution in [0.25, 0.3) is 10.9 Å². The van der Waals surface area contributed by atoms with Crippen molar-refractivity contribution in [3.05, 3.63) is 71.7 Å². The molecule has 0 atom stereocenters. The molecule has 3 nitrogen and oxygen atoms in total. The average Bonchev–Trinajstić information content (AvgIpc) is 3.10. The molecule has 1 aliphatic heterocycles. The summed E-state index contributed by atoms with van der Waals surface area (Å²) in [4.78, 5) is 17.8. The Hall–Kier alpha value is -2.62. The summed E-state index contributed by atoms with van der Waals surface area (Å²) in [5.74, 6) is 0.430. The van der Waals surface area contributed by atoms with Crippen LogP contribution in [0.15, 0.2) is 54.7 Å². The van der Waals surface area contributed by atoms with E-state index in [4.69, 9.17) is 0 Å². The lowest BCUT2D eigenvalue weighted by Crippen LogP contribution is -2.38. The van der Waals surface area contributed by atoms with Crippen LogP contribution in [0.2, 0.25) is 0 Å². The van der Waals surface area contributed by atoms with Crippen LogP contribution in [0.1, 0.15) is 36.3 Å². The molecule has 1 aromatic heterocycles. The maximum absolute atomic E-state index is 13.2. The van der Waals surface area contributed by atoms with Gasteiger partial charge in [0.05, 0.1) is 0 Å². The molecular formula is C22H23FN2O. The number of halogens is 1. The second kappa shape index (κ2) is 7.32. The molecule has 4 heteroatoms. The molecule has 1 amide bonds. The van der Waals surface area contributed by atoms with Gasteiger partial charge in [0.15, 0.2) is 0 Å². The monoisotopic (exact) mass is 350 g/mol. The molecule has 134 valence electrons. The molecule has 3 aromatic rings. The molecule has 1 N–H and O–H groups in total. The number of H-pyrrole nitrogens is 1. The summed E-state index contributed by atoms with van der Waals surface area (Å²) in [6, 6.07) is 14.9. The number of hydrogen-bond acceptors (Lipinski definition) is 1. The number of carbonyl (C=O) groups is 1. The summed E-state index contributed by atoms with van der Waals surface area (Å²) in [7, 11) is 0. The van der Waals surface area contributed by atoms with Crippen LogP contribution in [0.5, 0.6) is 0 Å². The average molecular weight is 350 g/mol. The maximum Gasteiger partial charge on any atom is 0.222 e. The Bertz CT molecular complexity index is 909. The van der Waals surface area contributed by atoms with E-state index in [0.29, 0.717) is 18.8 Å². The third-order valence-corrected chi connectivity index (χ3v) is 5.43. The number of fused-ring (bicyclic) bond motifs is 1. The van der Waals surface area contributed by atoms with Crippen molar-refractivity contribution in [3.63, 3.8) is 0 Å². The van der Waals surface area contributed by atoms with Gasteiger partial charge in [0.25, 0.3) is 0 Å².